The van der Waals surface area contributed by atoms with Crippen molar-refractivity contribution in [2.75, 3.05) is 11.4 Å². The van der Waals surface area contributed by atoms with E-state index in [1.165, 1.54) is 6.07 Å². The summed E-state index contributed by atoms with van der Waals surface area (Å²) >= 11 is 3.43. The highest BCUT2D eigenvalue weighted by Crippen LogP contribution is 2.26. The number of halogens is 2. The van der Waals surface area contributed by atoms with Gasteiger partial charge in [0.1, 0.15) is 5.82 Å². The number of rotatable bonds is 5. The summed E-state index contributed by atoms with van der Waals surface area (Å²) in [7, 11) is 0. The van der Waals surface area contributed by atoms with Gasteiger partial charge in [0.2, 0.25) is 0 Å². The van der Waals surface area contributed by atoms with E-state index in [2.05, 4.69) is 48.5 Å². The number of hydrogen-bond acceptors (Lipinski definition) is 1. The van der Waals surface area contributed by atoms with Crippen LogP contribution < -0.4 is 4.90 Å². The second-order valence-electron chi connectivity index (χ2n) is 5.05. The van der Waals surface area contributed by atoms with E-state index in [4.69, 9.17) is 0 Å². The van der Waals surface area contributed by atoms with Crippen molar-refractivity contribution in [3.05, 3.63) is 29.6 Å². The van der Waals surface area contributed by atoms with Gasteiger partial charge in [0.05, 0.1) is 0 Å². The maximum absolute atomic E-state index is 13.2. The third-order valence-electron chi connectivity index (χ3n) is 2.68. The van der Waals surface area contributed by atoms with Crippen LogP contribution in [0.1, 0.15) is 33.3 Å². The molecular formula is C14H21BrFN. The van der Waals surface area contributed by atoms with Crippen molar-refractivity contribution >= 4 is 21.6 Å². The summed E-state index contributed by atoms with van der Waals surface area (Å²) in [6, 6.07) is 5.45. The number of anilines is 1. The summed E-state index contributed by atoms with van der Waals surface area (Å²) in [5.74, 6) is 0.419. The van der Waals surface area contributed by atoms with Crippen molar-refractivity contribution in [1.29, 1.82) is 0 Å². The van der Waals surface area contributed by atoms with Crippen LogP contribution in [-0.2, 0) is 5.33 Å². The van der Waals surface area contributed by atoms with Gasteiger partial charge in [-0.1, -0.05) is 29.8 Å². The fourth-order valence-corrected chi connectivity index (χ4v) is 2.37. The number of alkyl halides is 1. The van der Waals surface area contributed by atoms with Gasteiger partial charge in [-0.3, -0.25) is 0 Å². The molecule has 1 aromatic rings. The Bertz CT molecular complexity index is 363. The van der Waals surface area contributed by atoms with Crippen molar-refractivity contribution < 1.29 is 4.39 Å². The van der Waals surface area contributed by atoms with Crippen molar-refractivity contribution in [2.24, 2.45) is 5.92 Å². The molecule has 0 radical (unpaired) electrons. The fraction of sp³-hybridized carbons (Fsp3) is 0.571. The predicted molar refractivity (Wildman–Crippen MR) is 76.4 cm³/mol. The fourth-order valence-electron chi connectivity index (χ4n) is 1.92. The molecule has 1 rings (SSSR count). The van der Waals surface area contributed by atoms with Crippen LogP contribution in [-0.4, -0.2) is 12.6 Å². The van der Waals surface area contributed by atoms with Gasteiger partial charge in [-0.25, -0.2) is 4.39 Å². The molecule has 17 heavy (non-hydrogen) atoms. The molecule has 0 amide bonds. The lowest BCUT2D eigenvalue weighted by Crippen LogP contribution is -2.34. The molecule has 3 heteroatoms. The zero-order chi connectivity index (χ0) is 13.0. The average Bonchev–Trinajstić information content (AvgIpc) is 2.25. The van der Waals surface area contributed by atoms with Gasteiger partial charge in [0, 0.05) is 23.6 Å². The molecule has 0 aromatic heterocycles. The summed E-state index contributed by atoms with van der Waals surface area (Å²) in [5.41, 5.74) is 2.14. The van der Waals surface area contributed by atoms with Crippen LogP contribution >= 0.6 is 15.9 Å². The highest BCUT2D eigenvalue weighted by molar-refractivity contribution is 9.08. The number of nitrogens with zero attached hydrogens (tertiary/aromatic N) is 1. The highest BCUT2D eigenvalue weighted by Gasteiger charge is 2.15. The Morgan fingerprint density at radius 1 is 1.24 bits per heavy atom. The van der Waals surface area contributed by atoms with Crippen LogP contribution in [0.25, 0.3) is 0 Å². The lowest BCUT2D eigenvalue weighted by molar-refractivity contribution is 0.568. The summed E-state index contributed by atoms with van der Waals surface area (Å²) in [6.07, 6.45) is 0. The molecule has 0 spiro atoms. The summed E-state index contributed by atoms with van der Waals surface area (Å²) < 4.78 is 13.2. The Hall–Kier alpha value is -0.570. The first kappa shape index (κ1) is 14.5. The largest absolute Gasteiger partial charge is 0.369 e. The molecule has 0 aliphatic rings. The molecule has 1 aromatic carbocycles. The molecule has 0 heterocycles. The maximum atomic E-state index is 13.2. The topological polar surface area (TPSA) is 3.24 Å². The van der Waals surface area contributed by atoms with E-state index < -0.39 is 0 Å². The maximum Gasteiger partial charge on any atom is 0.123 e. The molecule has 0 unspecified atom stereocenters. The van der Waals surface area contributed by atoms with Crippen LogP contribution in [0, 0.1) is 11.7 Å². The third-order valence-corrected chi connectivity index (χ3v) is 3.28. The predicted octanol–water partition coefficient (Wildman–Crippen LogP) is 4.59. The van der Waals surface area contributed by atoms with Crippen molar-refractivity contribution in [2.45, 2.75) is 39.1 Å². The Kier molecular flexibility index (Phi) is 5.44. The molecule has 0 saturated heterocycles. The van der Waals surface area contributed by atoms with E-state index in [9.17, 15) is 4.39 Å². The zero-order valence-corrected chi connectivity index (χ0v) is 12.6. The SMILES string of the molecule is CC(C)CN(c1ccc(F)cc1CBr)C(C)C. The van der Waals surface area contributed by atoms with Gasteiger partial charge in [-0.05, 0) is 43.5 Å². The minimum absolute atomic E-state index is 0.170. The second-order valence-corrected chi connectivity index (χ2v) is 5.61. The monoisotopic (exact) mass is 301 g/mol. The van der Waals surface area contributed by atoms with Gasteiger partial charge in [0.25, 0.3) is 0 Å². The van der Waals surface area contributed by atoms with Gasteiger partial charge in [-0.2, -0.15) is 0 Å². The number of hydrogen-bond donors (Lipinski definition) is 0. The summed E-state index contributed by atoms with van der Waals surface area (Å²) in [4.78, 5) is 2.33. The van der Waals surface area contributed by atoms with Gasteiger partial charge >= 0.3 is 0 Å². The van der Waals surface area contributed by atoms with E-state index in [1.54, 1.807) is 6.07 Å². The minimum atomic E-state index is -0.170. The average molecular weight is 302 g/mol. The number of benzene rings is 1. The minimum Gasteiger partial charge on any atom is -0.369 e. The van der Waals surface area contributed by atoms with Gasteiger partial charge < -0.3 is 4.90 Å². The van der Waals surface area contributed by atoms with Crippen LogP contribution in [0.2, 0.25) is 0 Å². The molecule has 0 aliphatic heterocycles. The zero-order valence-electron chi connectivity index (χ0n) is 11.0. The Morgan fingerprint density at radius 3 is 2.35 bits per heavy atom. The second kappa shape index (κ2) is 6.39. The van der Waals surface area contributed by atoms with Gasteiger partial charge in [-0.15, -0.1) is 0 Å². The van der Waals surface area contributed by atoms with E-state index in [0.717, 1.165) is 17.8 Å². The smallest absolute Gasteiger partial charge is 0.123 e. The van der Waals surface area contributed by atoms with Gasteiger partial charge in [0.15, 0.2) is 0 Å². The molecule has 0 aliphatic carbocycles. The highest BCUT2D eigenvalue weighted by atomic mass is 79.9. The summed E-state index contributed by atoms with van der Waals surface area (Å²) in [5, 5.41) is 0.682. The molecular weight excluding hydrogens is 281 g/mol. The Labute approximate surface area is 112 Å². The van der Waals surface area contributed by atoms with E-state index in [-0.39, 0.29) is 5.82 Å². The van der Waals surface area contributed by atoms with Crippen molar-refractivity contribution in [3.8, 4) is 0 Å². The van der Waals surface area contributed by atoms with E-state index >= 15 is 0 Å². The molecule has 1 nitrogen and oxygen atoms in total. The quantitative estimate of drug-likeness (QED) is 0.719. The lowest BCUT2D eigenvalue weighted by Gasteiger charge is -2.32. The van der Waals surface area contributed by atoms with Crippen molar-refractivity contribution in [3.63, 3.8) is 0 Å². The molecule has 96 valence electrons. The Morgan fingerprint density at radius 2 is 1.88 bits per heavy atom. The lowest BCUT2D eigenvalue weighted by atomic mass is 10.1. The molecule has 0 bridgehead atoms. The van der Waals surface area contributed by atoms with Crippen LogP contribution in [0.15, 0.2) is 18.2 Å². The van der Waals surface area contributed by atoms with E-state index in [1.807, 2.05) is 6.07 Å². The molecule has 0 saturated carbocycles. The van der Waals surface area contributed by atoms with E-state index in [0.29, 0.717) is 17.3 Å². The summed E-state index contributed by atoms with van der Waals surface area (Å²) in [6.45, 7) is 9.73. The first-order valence-corrected chi connectivity index (χ1v) is 7.18. The Balaban J connectivity index is 3.08. The standard InChI is InChI=1S/C14H21BrFN/c1-10(2)9-17(11(3)4)14-6-5-13(16)7-12(14)8-15/h5-7,10-11H,8-9H2,1-4H3. The first-order chi connectivity index (χ1) is 7.95. The normalized spacial score (nSPS) is 11.3. The van der Waals surface area contributed by atoms with Crippen LogP contribution in [0.4, 0.5) is 10.1 Å². The molecule has 0 fully saturated rings. The third kappa shape index (κ3) is 3.98. The van der Waals surface area contributed by atoms with Crippen LogP contribution in [0.5, 0.6) is 0 Å². The van der Waals surface area contributed by atoms with Crippen molar-refractivity contribution in [1.82, 2.24) is 0 Å². The first-order valence-electron chi connectivity index (χ1n) is 6.06. The van der Waals surface area contributed by atoms with Crippen LogP contribution in [0.3, 0.4) is 0 Å². The molecule has 0 atom stereocenters. The molecule has 0 N–H and O–H groups in total.